The van der Waals surface area contributed by atoms with Gasteiger partial charge in [0.1, 0.15) is 5.82 Å². The molecule has 0 saturated carbocycles. The summed E-state index contributed by atoms with van der Waals surface area (Å²) in [5, 5.41) is 12.2. The van der Waals surface area contributed by atoms with E-state index in [-0.39, 0.29) is 12.4 Å². The van der Waals surface area contributed by atoms with E-state index in [1.54, 1.807) is 6.07 Å². The molecule has 2 rings (SSSR count). The highest BCUT2D eigenvalue weighted by molar-refractivity contribution is 5.51. The van der Waals surface area contributed by atoms with Crippen molar-refractivity contribution in [2.75, 3.05) is 24.6 Å². The first-order valence-corrected chi connectivity index (χ1v) is 7.63. The maximum Gasteiger partial charge on any atom is 0.146 e. The fraction of sp³-hybridized carbons (Fsp3) is 0.625. The molecule has 1 aromatic rings. The van der Waals surface area contributed by atoms with Crippen LogP contribution in [0.4, 0.5) is 10.1 Å². The molecule has 1 atom stereocenters. The Morgan fingerprint density at radius 2 is 2.30 bits per heavy atom. The average molecular weight is 280 g/mol. The van der Waals surface area contributed by atoms with Gasteiger partial charge in [0.25, 0.3) is 0 Å². The molecule has 4 heteroatoms. The zero-order chi connectivity index (χ0) is 14.4. The number of rotatable bonds is 7. The van der Waals surface area contributed by atoms with Gasteiger partial charge >= 0.3 is 0 Å². The van der Waals surface area contributed by atoms with Gasteiger partial charge in [-0.15, -0.1) is 0 Å². The highest BCUT2D eigenvalue weighted by Gasteiger charge is 2.26. The van der Waals surface area contributed by atoms with Gasteiger partial charge in [-0.1, -0.05) is 13.0 Å². The number of anilines is 1. The highest BCUT2D eigenvalue weighted by atomic mass is 19.1. The van der Waals surface area contributed by atoms with Crippen LogP contribution in [0, 0.1) is 5.82 Å². The summed E-state index contributed by atoms with van der Waals surface area (Å²) in [7, 11) is 0. The lowest BCUT2D eigenvalue weighted by molar-refractivity contribution is 0.279. The number of aliphatic hydroxyl groups is 1. The lowest BCUT2D eigenvalue weighted by atomic mass is 10.1. The summed E-state index contributed by atoms with van der Waals surface area (Å²) in [4.78, 5) is 2.17. The van der Waals surface area contributed by atoms with Gasteiger partial charge in [0, 0.05) is 25.7 Å². The van der Waals surface area contributed by atoms with Crippen molar-refractivity contribution >= 4 is 5.69 Å². The molecule has 1 aliphatic heterocycles. The van der Waals surface area contributed by atoms with Gasteiger partial charge in [-0.2, -0.15) is 0 Å². The van der Waals surface area contributed by atoms with Crippen LogP contribution in [0.15, 0.2) is 18.2 Å². The Labute approximate surface area is 120 Å². The summed E-state index contributed by atoms with van der Waals surface area (Å²) in [6.07, 6.45) is 3.93. The summed E-state index contributed by atoms with van der Waals surface area (Å²) in [5.74, 6) is -0.128. The topological polar surface area (TPSA) is 35.5 Å². The minimum absolute atomic E-state index is 0.128. The summed E-state index contributed by atoms with van der Waals surface area (Å²) in [6.45, 7) is 4.77. The molecule has 20 heavy (non-hydrogen) atoms. The second kappa shape index (κ2) is 7.60. The predicted molar refractivity (Wildman–Crippen MR) is 80.5 cm³/mol. The molecule has 1 unspecified atom stereocenters. The van der Waals surface area contributed by atoms with E-state index in [4.69, 9.17) is 5.11 Å². The zero-order valence-corrected chi connectivity index (χ0v) is 12.2. The van der Waals surface area contributed by atoms with Crippen LogP contribution >= 0.6 is 0 Å². The van der Waals surface area contributed by atoms with Gasteiger partial charge in [0.2, 0.25) is 0 Å². The standard InChI is InChI=1S/C16H25FN2O/c1-2-18-12-13-7-8-16(15(17)11-13)19-9-3-5-14(19)6-4-10-20/h7-8,11,14,18,20H,2-6,9-10,12H2,1H3. The molecule has 2 N–H and O–H groups in total. The van der Waals surface area contributed by atoms with Crippen LogP contribution in [0.25, 0.3) is 0 Å². The first-order chi connectivity index (χ1) is 9.76. The minimum Gasteiger partial charge on any atom is -0.396 e. The van der Waals surface area contributed by atoms with E-state index in [0.29, 0.717) is 18.3 Å². The highest BCUT2D eigenvalue weighted by Crippen LogP contribution is 2.30. The van der Waals surface area contributed by atoms with Crippen molar-refractivity contribution in [3.63, 3.8) is 0 Å². The zero-order valence-electron chi connectivity index (χ0n) is 12.2. The Morgan fingerprint density at radius 1 is 1.45 bits per heavy atom. The molecule has 3 nitrogen and oxygen atoms in total. The van der Waals surface area contributed by atoms with E-state index in [2.05, 4.69) is 10.2 Å². The molecule has 0 bridgehead atoms. The summed E-state index contributed by atoms with van der Waals surface area (Å²) < 4.78 is 14.3. The summed E-state index contributed by atoms with van der Waals surface area (Å²) >= 11 is 0. The molecule has 0 spiro atoms. The smallest absolute Gasteiger partial charge is 0.146 e. The summed E-state index contributed by atoms with van der Waals surface area (Å²) in [6, 6.07) is 5.91. The van der Waals surface area contributed by atoms with E-state index in [1.807, 2.05) is 19.1 Å². The van der Waals surface area contributed by atoms with E-state index in [9.17, 15) is 4.39 Å². The number of hydrogen-bond acceptors (Lipinski definition) is 3. The van der Waals surface area contributed by atoms with Crippen molar-refractivity contribution in [2.24, 2.45) is 0 Å². The molecular formula is C16H25FN2O. The van der Waals surface area contributed by atoms with Gasteiger partial charge in [-0.25, -0.2) is 4.39 Å². The number of nitrogens with one attached hydrogen (secondary N) is 1. The maximum atomic E-state index is 14.3. The van der Waals surface area contributed by atoms with Crippen molar-refractivity contribution < 1.29 is 9.50 Å². The van der Waals surface area contributed by atoms with Gasteiger partial charge < -0.3 is 15.3 Å². The lowest BCUT2D eigenvalue weighted by Crippen LogP contribution is -2.30. The van der Waals surface area contributed by atoms with E-state index < -0.39 is 0 Å². The monoisotopic (exact) mass is 280 g/mol. The van der Waals surface area contributed by atoms with Gasteiger partial charge in [-0.3, -0.25) is 0 Å². The molecule has 0 aliphatic carbocycles. The van der Waals surface area contributed by atoms with E-state index in [0.717, 1.165) is 44.3 Å². The second-order valence-electron chi connectivity index (χ2n) is 5.42. The molecule has 1 aliphatic rings. The third-order valence-corrected chi connectivity index (χ3v) is 3.97. The molecule has 1 aromatic carbocycles. The third-order valence-electron chi connectivity index (χ3n) is 3.97. The molecule has 0 amide bonds. The van der Waals surface area contributed by atoms with Crippen LogP contribution in [0.1, 0.15) is 38.2 Å². The Balaban J connectivity index is 2.07. The fourth-order valence-electron chi connectivity index (χ4n) is 2.94. The molecular weight excluding hydrogens is 255 g/mol. The van der Waals surface area contributed by atoms with Crippen LogP contribution in [-0.4, -0.2) is 30.8 Å². The number of benzene rings is 1. The Morgan fingerprint density at radius 3 is 3.00 bits per heavy atom. The first kappa shape index (κ1) is 15.3. The fourth-order valence-corrected chi connectivity index (χ4v) is 2.94. The van der Waals surface area contributed by atoms with Crippen LogP contribution in [-0.2, 0) is 6.54 Å². The van der Waals surface area contributed by atoms with E-state index in [1.165, 1.54) is 0 Å². The van der Waals surface area contributed by atoms with Crippen molar-refractivity contribution in [1.29, 1.82) is 0 Å². The third kappa shape index (κ3) is 3.70. The van der Waals surface area contributed by atoms with Gasteiger partial charge in [0.05, 0.1) is 5.69 Å². The molecule has 1 heterocycles. The number of halogens is 1. The molecule has 1 fully saturated rings. The Kier molecular flexibility index (Phi) is 5.80. The Hall–Kier alpha value is -1.13. The van der Waals surface area contributed by atoms with E-state index >= 15 is 0 Å². The van der Waals surface area contributed by atoms with Crippen LogP contribution in [0.5, 0.6) is 0 Å². The largest absolute Gasteiger partial charge is 0.396 e. The number of hydrogen-bond donors (Lipinski definition) is 2. The summed E-state index contributed by atoms with van der Waals surface area (Å²) in [5.41, 5.74) is 1.70. The second-order valence-corrected chi connectivity index (χ2v) is 5.42. The number of nitrogens with zero attached hydrogens (tertiary/aromatic N) is 1. The van der Waals surface area contributed by atoms with Crippen LogP contribution < -0.4 is 10.2 Å². The Bertz CT molecular complexity index is 425. The maximum absolute atomic E-state index is 14.3. The SMILES string of the molecule is CCNCc1ccc(N2CCCC2CCCO)c(F)c1. The van der Waals surface area contributed by atoms with Crippen molar-refractivity contribution in [1.82, 2.24) is 5.32 Å². The van der Waals surface area contributed by atoms with Crippen molar-refractivity contribution in [3.05, 3.63) is 29.6 Å². The van der Waals surface area contributed by atoms with Gasteiger partial charge in [0.15, 0.2) is 0 Å². The minimum atomic E-state index is -0.128. The van der Waals surface area contributed by atoms with Crippen molar-refractivity contribution in [2.45, 2.75) is 45.2 Å². The lowest BCUT2D eigenvalue weighted by Gasteiger charge is -2.27. The molecule has 0 radical (unpaired) electrons. The predicted octanol–water partition coefficient (Wildman–Crippen LogP) is 2.68. The average Bonchev–Trinajstić information content (AvgIpc) is 2.91. The molecule has 0 aromatic heterocycles. The quantitative estimate of drug-likeness (QED) is 0.806. The first-order valence-electron chi connectivity index (χ1n) is 7.63. The number of aliphatic hydroxyl groups excluding tert-OH is 1. The van der Waals surface area contributed by atoms with Crippen molar-refractivity contribution in [3.8, 4) is 0 Å². The van der Waals surface area contributed by atoms with Crippen LogP contribution in [0.2, 0.25) is 0 Å². The molecule has 1 saturated heterocycles. The normalized spacial score (nSPS) is 18.8. The van der Waals surface area contributed by atoms with Gasteiger partial charge in [-0.05, 0) is 49.9 Å². The van der Waals surface area contributed by atoms with Crippen LogP contribution in [0.3, 0.4) is 0 Å². The molecule has 112 valence electrons.